The van der Waals surface area contributed by atoms with Crippen LogP contribution < -0.4 is 10.2 Å². The largest absolute Gasteiger partial charge is 0.324 e. The highest BCUT2D eigenvalue weighted by molar-refractivity contribution is 6.30. The van der Waals surface area contributed by atoms with E-state index in [1.807, 2.05) is 56.3 Å². The first-order chi connectivity index (χ1) is 12.6. The maximum atomic E-state index is 12.9. The first kappa shape index (κ1) is 17.9. The van der Waals surface area contributed by atoms with Crippen LogP contribution in [0, 0.1) is 6.92 Å². The highest BCUT2D eigenvalue weighted by Gasteiger charge is 2.18. The van der Waals surface area contributed by atoms with Gasteiger partial charge in [0.15, 0.2) is 0 Å². The van der Waals surface area contributed by atoms with Gasteiger partial charge in [-0.15, -0.1) is 0 Å². The molecule has 0 aliphatic heterocycles. The average molecular weight is 367 g/mol. The lowest BCUT2D eigenvalue weighted by atomic mass is 10.2. The number of hydrogen-bond donors (Lipinski definition) is 1. The van der Waals surface area contributed by atoms with Gasteiger partial charge >= 0.3 is 0 Å². The third-order valence-electron chi connectivity index (χ3n) is 3.95. The monoisotopic (exact) mass is 366 g/mol. The highest BCUT2D eigenvalue weighted by Crippen LogP contribution is 2.23. The standard InChI is InChI=1S/C20H19ClN4O/c1-3-25(16-7-5-4-6-8-16)19(26)17-11-12-22-20(23-17)24-18-13-15(21)10-9-14(18)2/h4-13H,3H2,1-2H3,(H,22,23,24). The van der Waals surface area contributed by atoms with Crippen LogP contribution >= 0.6 is 11.6 Å². The predicted molar refractivity (Wildman–Crippen MR) is 105 cm³/mol. The minimum Gasteiger partial charge on any atom is -0.324 e. The maximum Gasteiger partial charge on any atom is 0.277 e. The fraction of sp³-hybridized carbons (Fsp3) is 0.150. The SMILES string of the molecule is CCN(C(=O)c1ccnc(Nc2cc(Cl)ccc2C)n1)c1ccccc1. The van der Waals surface area contributed by atoms with Gasteiger partial charge < -0.3 is 10.2 Å². The molecule has 0 unspecified atom stereocenters. The smallest absolute Gasteiger partial charge is 0.277 e. The van der Waals surface area contributed by atoms with Crippen LogP contribution in [0.1, 0.15) is 23.0 Å². The van der Waals surface area contributed by atoms with Crippen molar-refractivity contribution in [2.45, 2.75) is 13.8 Å². The van der Waals surface area contributed by atoms with Crippen molar-refractivity contribution in [1.82, 2.24) is 9.97 Å². The van der Waals surface area contributed by atoms with E-state index in [0.717, 1.165) is 16.9 Å². The molecular formula is C20H19ClN4O. The van der Waals surface area contributed by atoms with Gasteiger partial charge in [-0.25, -0.2) is 9.97 Å². The lowest BCUT2D eigenvalue weighted by molar-refractivity contribution is 0.0983. The van der Waals surface area contributed by atoms with Gasteiger partial charge in [-0.3, -0.25) is 4.79 Å². The minimum atomic E-state index is -0.174. The zero-order valence-electron chi connectivity index (χ0n) is 14.6. The van der Waals surface area contributed by atoms with Crippen molar-refractivity contribution >= 4 is 34.8 Å². The molecule has 0 aliphatic rings. The number of benzene rings is 2. The van der Waals surface area contributed by atoms with Gasteiger partial charge in [-0.1, -0.05) is 35.9 Å². The van der Waals surface area contributed by atoms with Gasteiger partial charge in [0.1, 0.15) is 5.69 Å². The van der Waals surface area contributed by atoms with Crippen LogP contribution in [0.25, 0.3) is 0 Å². The molecule has 0 atom stereocenters. The normalized spacial score (nSPS) is 10.4. The van der Waals surface area contributed by atoms with Gasteiger partial charge in [0, 0.05) is 29.1 Å². The number of amides is 1. The van der Waals surface area contributed by atoms with Gasteiger partial charge in [0.2, 0.25) is 5.95 Å². The number of nitrogens with zero attached hydrogens (tertiary/aromatic N) is 3. The number of rotatable bonds is 5. The Kier molecular flexibility index (Phi) is 5.49. The average Bonchev–Trinajstić information content (AvgIpc) is 2.66. The third kappa shape index (κ3) is 4.00. The van der Waals surface area contributed by atoms with Gasteiger partial charge in [-0.2, -0.15) is 0 Å². The number of anilines is 3. The number of aromatic nitrogens is 2. The number of halogens is 1. The molecule has 0 saturated carbocycles. The summed E-state index contributed by atoms with van der Waals surface area (Å²) in [5.74, 6) is 0.178. The Balaban J connectivity index is 1.86. The van der Waals surface area contributed by atoms with E-state index >= 15 is 0 Å². The van der Waals surface area contributed by atoms with E-state index in [4.69, 9.17) is 11.6 Å². The number of carbonyl (C=O) groups excluding carboxylic acids is 1. The summed E-state index contributed by atoms with van der Waals surface area (Å²) in [7, 11) is 0. The number of nitrogens with one attached hydrogen (secondary N) is 1. The molecule has 26 heavy (non-hydrogen) atoms. The summed E-state index contributed by atoms with van der Waals surface area (Å²) in [6.45, 7) is 4.44. The van der Waals surface area contributed by atoms with Gasteiger partial charge in [0.25, 0.3) is 5.91 Å². The molecule has 0 bridgehead atoms. The van der Waals surface area contributed by atoms with E-state index in [1.165, 1.54) is 0 Å². The van der Waals surface area contributed by atoms with E-state index in [2.05, 4.69) is 15.3 Å². The topological polar surface area (TPSA) is 58.1 Å². The number of para-hydroxylation sites is 1. The van der Waals surface area contributed by atoms with Crippen LogP contribution in [0.3, 0.4) is 0 Å². The summed E-state index contributed by atoms with van der Waals surface area (Å²) >= 11 is 6.05. The molecule has 1 heterocycles. The number of carbonyl (C=O) groups is 1. The third-order valence-corrected chi connectivity index (χ3v) is 4.19. The van der Waals surface area contributed by atoms with E-state index in [-0.39, 0.29) is 5.91 Å². The zero-order valence-corrected chi connectivity index (χ0v) is 15.4. The molecule has 6 heteroatoms. The summed E-state index contributed by atoms with van der Waals surface area (Å²) in [6, 6.07) is 16.7. The van der Waals surface area contributed by atoms with Crippen LogP contribution in [0.5, 0.6) is 0 Å². The van der Waals surface area contributed by atoms with Crippen LogP contribution in [-0.2, 0) is 0 Å². The summed E-state index contributed by atoms with van der Waals surface area (Å²) in [5.41, 5.74) is 2.97. The van der Waals surface area contributed by atoms with Gasteiger partial charge in [-0.05, 0) is 49.7 Å². The van der Waals surface area contributed by atoms with Crippen molar-refractivity contribution in [2.24, 2.45) is 0 Å². The van der Waals surface area contributed by atoms with E-state index in [9.17, 15) is 4.79 Å². The quantitative estimate of drug-likeness (QED) is 0.701. The van der Waals surface area contributed by atoms with E-state index in [0.29, 0.717) is 23.2 Å². The Hall–Kier alpha value is -2.92. The van der Waals surface area contributed by atoms with Crippen LogP contribution in [-0.4, -0.2) is 22.4 Å². The highest BCUT2D eigenvalue weighted by atomic mass is 35.5. The van der Waals surface area contributed by atoms with Crippen LogP contribution in [0.2, 0.25) is 5.02 Å². The molecule has 0 spiro atoms. The molecule has 0 radical (unpaired) electrons. The number of hydrogen-bond acceptors (Lipinski definition) is 4. The van der Waals surface area contributed by atoms with Crippen molar-refractivity contribution in [3.8, 4) is 0 Å². The molecule has 3 rings (SSSR count). The Morgan fingerprint density at radius 3 is 2.65 bits per heavy atom. The molecule has 1 N–H and O–H groups in total. The summed E-state index contributed by atoms with van der Waals surface area (Å²) in [6.07, 6.45) is 1.57. The molecule has 0 saturated heterocycles. The maximum absolute atomic E-state index is 12.9. The Morgan fingerprint density at radius 2 is 1.92 bits per heavy atom. The molecule has 132 valence electrons. The molecule has 5 nitrogen and oxygen atoms in total. The molecular weight excluding hydrogens is 348 g/mol. The number of aryl methyl sites for hydroxylation is 1. The fourth-order valence-electron chi connectivity index (χ4n) is 2.58. The minimum absolute atomic E-state index is 0.174. The van der Waals surface area contributed by atoms with Crippen molar-refractivity contribution in [3.05, 3.63) is 77.1 Å². The Bertz CT molecular complexity index is 915. The molecule has 0 fully saturated rings. The second kappa shape index (κ2) is 7.97. The Labute approximate surface area is 157 Å². The molecule has 0 aliphatic carbocycles. The first-order valence-corrected chi connectivity index (χ1v) is 8.69. The summed E-state index contributed by atoms with van der Waals surface area (Å²) in [5, 5.41) is 3.74. The first-order valence-electron chi connectivity index (χ1n) is 8.31. The summed E-state index contributed by atoms with van der Waals surface area (Å²) < 4.78 is 0. The molecule has 1 aromatic heterocycles. The van der Waals surface area contributed by atoms with Gasteiger partial charge in [0.05, 0.1) is 0 Å². The lowest BCUT2D eigenvalue weighted by Crippen LogP contribution is -2.31. The second-order valence-electron chi connectivity index (χ2n) is 5.73. The molecule has 1 amide bonds. The van der Waals surface area contributed by atoms with E-state index < -0.39 is 0 Å². The fourth-order valence-corrected chi connectivity index (χ4v) is 2.75. The van der Waals surface area contributed by atoms with Crippen LogP contribution in [0.15, 0.2) is 60.8 Å². The Morgan fingerprint density at radius 1 is 1.15 bits per heavy atom. The lowest BCUT2D eigenvalue weighted by Gasteiger charge is -2.20. The predicted octanol–water partition coefficient (Wildman–Crippen LogP) is 4.85. The molecule has 2 aromatic carbocycles. The van der Waals surface area contributed by atoms with Crippen molar-refractivity contribution in [1.29, 1.82) is 0 Å². The summed E-state index contributed by atoms with van der Waals surface area (Å²) in [4.78, 5) is 23.2. The van der Waals surface area contributed by atoms with Crippen LogP contribution in [0.4, 0.5) is 17.3 Å². The van der Waals surface area contributed by atoms with Crippen molar-refractivity contribution < 1.29 is 4.79 Å². The second-order valence-corrected chi connectivity index (χ2v) is 6.17. The zero-order chi connectivity index (χ0) is 18.5. The van der Waals surface area contributed by atoms with Crippen molar-refractivity contribution in [2.75, 3.05) is 16.8 Å². The van der Waals surface area contributed by atoms with E-state index in [1.54, 1.807) is 23.2 Å². The molecule has 3 aromatic rings. The van der Waals surface area contributed by atoms with Crippen molar-refractivity contribution in [3.63, 3.8) is 0 Å².